The third-order valence-electron chi connectivity index (χ3n) is 4.61. The number of aromatic nitrogens is 2. The van der Waals surface area contributed by atoms with Crippen molar-refractivity contribution < 1.29 is 5.11 Å². The smallest absolute Gasteiger partial charge is 0.148 e. The minimum Gasteiger partial charge on any atom is -0.397 e. The molecule has 0 radical (unpaired) electrons. The molecule has 0 spiro atoms. The van der Waals surface area contributed by atoms with Gasteiger partial charge in [0.2, 0.25) is 0 Å². The molecule has 1 aromatic carbocycles. The van der Waals surface area contributed by atoms with Crippen LogP contribution in [0.15, 0.2) is 24.3 Å². The molecule has 1 unspecified atom stereocenters. The predicted octanol–water partition coefficient (Wildman–Crippen LogP) is 2.90. The van der Waals surface area contributed by atoms with Gasteiger partial charge in [-0.05, 0) is 30.5 Å². The van der Waals surface area contributed by atoms with Crippen molar-refractivity contribution in [1.82, 2.24) is 15.1 Å². The SMILES string of the molecule is Cc1nnc2sc(C(O)N3Cc4ccccc4C3)c(N)c2c1C. The fraction of sp³-hybridized carbons (Fsp3) is 0.294. The molecule has 0 saturated heterocycles. The number of aryl methyl sites for hydroxylation is 2. The molecule has 5 nitrogen and oxygen atoms in total. The number of hydrogen-bond acceptors (Lipinski definition) is 6. The van der Waals surface area contributed by atoms with E-state index in [4.69, 9.17) is 5.73 Å². The van der Waals surface area contributed by atoms with Gasteiger partial charge in [0.15, 0.2) is 0 Å². The Morgan fingerprint density at radius 2 is 1.83 bits per heavy atom. The first-order chi connectivity index (χ1) is 11.1. The lowest BCUT2D eigenvalue weighted by Crippen LogP contribution is -2.22. The lowest BCUT2D eigenvalue weighted by Gasteiger charge is -2.21. The highest BCUT2D eigenvalue weighted by Gasteiger charge is 2.29. The largest absolute Gasteiger partial charge is 0.397 e. The first-order valence-corrected chi connectivity index (χ1v) is 8.38. The van der Waals surface area contributed by atoms with Gasteiger partial charge in [-0.25, -0.2) is 0 Å². The first kappa shape index (κ1) is 14.6. The summed E-state index contributed by atoms with van der Waals surface area (Å²) in [4.78, 5) is 3.58. The summed E-state index contributed by atoms with van der Waals surface area (Å²) in [7, 11) is 0. The Labute approximate surface area is 138 Å². The number of hydrogen-bond donors (Lipinski definition) is 2. The zero-order chi connectivity index (χ0) is 16.1. The van der Waals surface area contributed by atoms with Gasteiger partial charge in [0.1, 0.15) is 11.1 Å². The monoisotopic (exact) mass is 326 g/mol. The zero-order valence-corrected chi connectivity index (χ0v) is 13.9. The maximum absolute atomic E-state index is 10.8. The van der Waals surface area contributed by atoms with Crippen molar-refractivity contribution in [3.8, 4) is 0 Å². The lowest BCUT2D eigenvalue weighted by molar-refractivity contribution is 0.00162. The van der Waals surface area contributed by atoms with Gasteiger partial charge in [-0.3, -0.25) is 4.90 Å². The van der Waals surface area contributed by atoms with Gasteiger partial charge >= 0.3 is 0 Å². The molecule has 3 N–H and O–H groups in total. The highest BCUT2D eigenvalue weighted by molar-refractivity contribution is 7.19. The summed E-state index contributed by atoms with van der Waals surface area (Å²) in [5.41, 5.74) is 11.4. The van der Waals surface area contributed by atoms with Crippen LogP contribution in [0.3, 0.4) is 0 Å². The maximum Gasteiger partial charge on any atom is 0.148 e. The van der Waals surface area contributed by atoms with Gasteiger partial charge < -0.3 is 10.8 Å². The van der Waals surface area contributed by atoms with Crippen LogP contribution in [-0.2, 0) is 13.1 Å². The average Bonchev–Trinajstić information content (AvgIpc) is 3.12. The lowest BCUT2D eigenvalue weighted by atomic mass is 10.1. The van der Waals surface area contributed by atoms with Gasteiger partial charge in [0, 0.05) is 18.5 Å². The number of benzene rings is 1. The van der Waals surface area contributed by atoms with E-state index in [0.717, 1.165) is 39.4 Å². The van der Waals surface area contributed by atoms with Crippen LogP contribution in [0.25, 0.3) is 10.2 Å². The van der Waals surface area contributed by atoms with Crippen LogP contribution in [0.5, 0.6) is 0 Å². The fourth-order valence-corrected chi connectivity index (χ4v) is 4.27. The molecule has 4 rings (SSSR count). The quantitative estimate of drug-likeness (QED) is 0.757. The van der Waals surface area contributed by atoms with E-state index < -0.39 is 6.23 Å². The molecule has 0 bridgehead atoms. The molecule has 0 saturated carbocycles. The molecule has 1 atom stereocenters. The molecule has 0 fully saturated rings. The van der Waals surface area contributed by atoms with E-state index in [0.29, 0.717) is 5.69 Å². The minimum atomic E-state index is -0.721. The van der Waals surface area contributed by atoms with E-state index >= 15 is 0 Å². The zero-order valence-electron chi connectivity index (χ0n) is 13.1. The number of aliphatic hydroxyl groups excluding tert-OH is 1. The summed E-state index contributed by atoms with van der Waals surface area (Å²) in [5, 5.41) is 20.2. The second-order valence-electron chi connectivity index (χ2n) is 6.02. The Kier molecular flexibility index (Phi) is 3.33. The summed E-state index contributed by atoms with van der Waals surface area (Å²) in [5.74, 6) is 0. The van der Waals surface area contributed by atoms with Crippen LogP contribution < -0.4 is 5.73 Å². The summed E-state index contributed by atoms with van der Waals surface area (Å²) >= 11 is 1.43. The van der Waals surface area contributed by atoms with Crippen LogP contribution >= 0.6 is 11.3 Å². The molecular formula is C17H18N4OS. The van der Waals surface area contributed by atoms with Crippen molar-refractivity contribution >= 4 is 27.2 Å². The molecule has 0 aliphatic carbocycles. The second kappa shape index (κ2) is 5.26. The topological polar surface area (TPSA) is 75.3 Å². The Balaban J connectivity index is 1.73. The van der Waals surface area contributed by atoms with Crippen LogP contribution in [0.1, 0.15) is 33.5 Å². The number of rotatable bonds is 2. The summed E-state index contributed by atoms with van der Waals surface area (Å²) in [6, 6.07) is 8.28. The van der Waals surface area contributed by atoms with Crippen molar-refractivity contribution in [2.24, 2.45) is 0 Å². The number of thiophene rings is 1. The van der Waals surface area contributed by atoms with E-state index in [1.807, 2.05) is 30.9 Å². The number of anilines is 1. The second-order valence-corrected chi connectivity index (χ2v) is 7.05. The highest BCUT2D eigenvalue weighted by Crippen LogP contribution is 2.41. The highest BCUT2D eigenvalue weighted by atomic mass is 32.1. The van der Waals surface area contributed by atoms with Crippen molar-refractivity contribution in [3.63, 3.8) is 0 Å². The number of aliphatic hydroxyl groups is 1. The van der Waals surface area contributed by atoms with Gasteiger partial charge in [-0.2, -0.15) is 5.10 Å². The summed E-state index contributed by atoms with van der Waals surface area (Å²) in [6.07, 6.45) is -0.721. The molecule has 1 aliphatic rings. The van der Waals surface area contributed by atoms with Crippen molar-refractivity contribution in [1.29, 1.82) is 0 Å². The standard InChI is InChI=1S/C17H18N4OS/c1-9-10(2)19-20-16-13(9)14(18)15(23-16)17(22)21-7-11-5-3-4-6-12(11)8-21/h3-6,17,22H,7-8,18H2,1-2H3. The van der Waals surface area contributed by atoms with E-state index in [2.05, 4.69) is 22.3 Å². The van der Waals surface area contributed by atoms with Gasteiger partial charge in [-0.15, -0.1) is 16.4 Å². The molecule has 2 aromatic heterocycles. The Morgan fingerprint density at radius 3 is 2.48 bits per heavy atom. The Morgan fingerprint density at radius 1 is 1.17 bits per heavy atom. The van der Waals surface area contributed by atoms with Gasteiger partial charge in [-0.1, -0.05) is 24.3 Å². The van der Waals surface area contributed by atoms with E-state index in [9.17, 15) is 5.11 Å². The van der Waals surface area contributed by atoms with Crippen molar-refractivity contribution in [3.05, 3.63) is 51.5 Å². The number of nitrogens with zero attached hydrogens (tertiary/aromatic N) is 3. The van der Waals surface area contributed by atoms with Crippen LogP contribution in [0.4, 0.5) is 5.69 Å². The van der Waals surface area contributed by atoms with Crippen LogP contribution in [0, 0.1) is 13.8 Å². The van der Waals surface area contributed by atoms with E-state index in [-0.39, 0.29) is 0 Å². The van der Waals surface area contributed by atoms with Gasteiger partial charge in [0.05, 0.1) is 16.3 Å². The Hall–Kier alpha value is -2.02. The van der Waals surface area contributed by atoms with E-state index in [1.165, 1.54) is 22.5 Å². The number of fused-ring (bicyclic) bond motifs is 2. The molecule has 6 heteroatoms. The van der Waals surface area contributed by atoms with Crippen molar-refractivity contribution in [2.45, 2.75) is 33.2 Å². The van der Waals surface area contributed by atoms with Crippen LogP contribution in [-0.4, -0.2) is 20.2 Å². The first-order valence-electron chi connectivity index (χ1n) is 7.57. The molecular weight excluding hydrogens is 308 g/mol. The molecule has 1 aliphatic heterocycles. The maximum atomic E-state index is 10.8. The average molecular weight is 326 g/mol. The van der Waals surface area contributed by atoms with E-state index in [1.54, 1.807) is 0 Å². The number of nitrogen functional groups attached to an aromatic ring is 1. The van der Waals surface area contributed by atoms with Crippen molar-refractivity contribution in [2.75, 3.05) is 5.73 Å². The third kappa shape index (κ3) is 2.22. The molecule has 0 amide bonds. The van der Waals surface area contributed by atoms with Gasteiger partial charge in [0.25, 0.3) is 0 Å². The fourth-order valence-electron chi connectivity index (χ4n) is 3.15. The molecule has 3 heterocycles. The van der Waals surface area contributed by atoms with Crippen LogP contribution in [0.2, 0.25) is 0 Å². The third-order valence-corrected chi connectivity index (χ3v) is 5.74. The number of nitrogens with two attached hydrogens (primary N) is 1. The normalized spacial score (nSPS) is 16.0. The minimum absolute atomic E-state index is 0.629. The Bertz CT molecular complexity index is 880. The summed E-state index contributed by atoms with van der Waals surface area (Å²) in [6.45, 7) is 5.38. The molecule has 118 valence electrons. The molecule has 3 aromatic rings. The predicted molar refractivity (Wildman–Crippen MR) is 92.0 cm³/mol. The summed E-state index contributed by atoms with van der Waals surface area (Å²) < 4.78 is 0. The molecule has 23 heavy (non-hydrogen) atoms.